The summed E-state index contributed by atoms with van der Waals surface area (Å²) < 4.78 is 19.3. The van der Waals surface area contributed by atoms with Gasteiger partial charge in [-0.1, -0.05) is 30.3 Å². The molecule has 1 fully saturated rings. The summed E-state index contributed by atoms with van der Waals surface area (Å²) in [6.45, 7) is 0.936. The fraction of sp³-hybridized carbons (Fsp3) is 0.250. The minimum absolute atomic E-state index is 0.125. The highest BCUT2D eigenvalue weighted by Crippen LogP contribution is 2.33. The molecule has 0 aliphatic carbocycles. The molecule has 0 saturated carbocycles. The topological polar surface area (TPSA) is 72.6 Å². The second-order valence-corrected chi connectivity index (χ2v) is 7.58. The Morgan fingerprint density at radius 1 is 1.10 bits per heavy atom. The number of benzene rings is 3. The number of hydrogen-bond acceptors (Lipinski definition) is 3. The van der Waals surface area contributed by atoms with Crippen LogP contribution < -0.4 is 10.5 Å². The van der Waals surface area contributed by atoms with E-state index in [1.807, 2.05) is 30.3 Å². The molecule has 0 bridgehead atoms. The molecular weight excluding hydrogens is 383 g/mol. The molecule has 6 heteroatoms. The number of carbonyl (C=O) groups is 2. The van der Waals surface area contributed by atoms with E-state index in [0.717, 1.165) is 22.8 Å². The Bertz CT molecular complexity index is 1130. The Morgan fingerprint density at radius 3 is 2.63 bits per heavy atom. The van der Waals surface area contributed by atoms with E-state index in [-0.39, 0.29) is 23.5 Å². The second-order valence-electron chi connectivity index (χ2n) is 7.58. The van der Waals surface area contributed by atoms with Gasteiger partial charge in [0.25, 0.3) is 5.91 Å². The number of fused-ring (bicyclic) bond motifs is 1. The fourth-order valence-electron chi connectivity index (χ4n) is 4.15. The molecule has 4 rings (SSSR count). The van der Waals surface area contributed by atoms with Gasteiger partial charge in [0.05, 0.1) is 13.0 Å². The van der Waals surface area contributed by atoms with Crippen LogP contribution in [0, 0.1) is 11.7 Å². The molecule has 1 aliphatic heterocycles. The average Bonchev–Trinajstić information content (AvgIpc) is 2.77. The van der Waals surface area contributed by atoms with E-state index in [4.69, 9.17) is 10.5 Å². The van der Waals surface area contributed by atoms with E-state index in [2.05, 4.69) is 0 Å². The highest BCUT2D eigenvalue weighted by atomic mass is 19.1. The van der Waals surface area contributed by atoms with Crippen molar-refractivity contribution < 1.29 is 18.7 Å². The number of rotatable bonds is 4. The van der Waals surface area contributed by atoms with E-state index in [0.29, 0.717) is 36.4 Å². The first-order valence-corrected chi connectivity index (χ1v) is 9.93. The Morgan fingerprint density at radius 2 is 1.87 bits per heavy atom. The van der Waals surface area contributed by atoms with E-state index < -0.39 is 0 Å². The summed E-state index contributed by atoms with van der Waals surface area (Å²) in [5, 5.41) is 1.63. The normalized spacial score (nSPS) is 16.5. The Hall–Kier alpha value is -3.41. The van der Waals surface area contributed by atoms with Crippen molar-refractivity contribution in [3.05, 3.63) is 66.0 Å². The van der Waals surface area contributed by atoms with Crippen molar-refractivity contribution in [2.24, 2.45) is 11.7 Å². The fourth-order valence-corrected chi connectivity index (χ4v) is 4.15. The molecule has 30 heavy (non-hydrogen) atoms. The van der Waals surface area contributed by atoms with Crippen molar-refractivity contribution in [2.45, 2.75) is 12.8 Å². The molecule has 1 saturated heterocycles. The van der Waals surface area contributed by atoms with Gasteiger partial charge in [-0.25, -0.2) is 4.39 Å². The molecular formula is C24H23FN2O3. The van der Waals surface area contributed by atoms with Crippen molar-refractivity contribution >= 4 is 22.6 Å². The maximum absolute atomic E-state index is 14.1. The van der Waals surface area contributed by atoms with Crippen LogP contribution >= 0.6 is 0 Å². The zero-order valence-corrected chi connectivity index (χ0v) is 16.7. The predicted molar refractivity (Wildman–Crippen MR) is 114 cm³/mol. The van der Waals surface area contributed by atoms with Gasteiger partial charge in [0, 0.05) is 24.7 Å². The zero-order chi connectivity index (χ0) is 21.3. The number of likely N-dealkylation sites (tertiary alicyclic amines) is 1. The van der Waals surface area contributed by atoms with Crippen LogP contribution in [0.2, 0.25) is 0 Å². The van der Waals surface area contributed by atoms with Gasteiger partial charge in [-0.05, 0) is 52.9 Å². The molecule has 5 nitrogen and oxygen atoms in total. The number of primary amides is 1. The van der Waals surface area contributed by atoms with E-state index in [1.54, 1.807) is 17.0 Å². The Kier molecular flexibility index (Phi) is 5.40. The molecule has 0 radical (unpaired) electrons. The highest BCUT2D eigenvalue weighted by molar-refractivity contribution is 6.10. The van der Waals surface area contributed by atoms with Gasteiger partial charge in [0.1, 0.15) is 11.6 Å². The maximum Gasteiger partial charge on any atom is 0.254 e. The summed E-state index contributed by atoms with van der Waals surface area (Å²) in [4.78, 5) is 26.6. The number of halogens is 1. The van der Waals surface area contributed by atoms with Crippen LogP contribution in [-0.2, 0) is 4.79 Å². The molecule has 3 aromatic carbocycles. The molecule has 2 N–H and O–H groups in total. The molecule has 3 aromatic rings. The minimum Gasteiger partial charge on any atom is -0.497 e. The van der Waals surface area contributed by atoms with Gasteiger partial charge in [0.15, 0.2) is 0 Å². The molecule has 1 atom stereocenters. The lowest BCUT2D eigenvalue weighted by atomic mass is 9.93. The monoisotopic (exact) mass is 406 g/mol. The Balaban J connectivity index is 1.77. The first kappa shape index (κ1) is 19.9. The quantitative estimate of drug-likeness (QED) is 0.712. The number of amides is 2. The maximum atomic E-state index is 14.1. The summed E-state index contributed by atoms with van der Waals surface area (Å²) in [7, 11) is 1.50. The molecule has 154 valence electrons. The summed E-state index contributed by atoms with van der Waals surface area (Å²) >= 11 is 0. The Labute approximate surface area is 174 Å². The molecule has 1 heterocycles. The molecule has 2 amide bonds. The van der Waals surface area contributed by atoms with E-state index in [1.165, 1.54) is 19.2 Å². The number of nitrogens with two attached hydrogens (primary N) is 1. The van der Waals surface area contributed by atoms with Gasteiger partial charge in [-0.15, -0.1) is 0 Å². The zero-order valence-electron chi connectivity index (χ0n) is 16.7. The summed E-state index contributed by atoms with van der Waals surface area (Å²) in [5.74, 6) is -0.763. The van der Waals surface area contributed by atoms with Crippen molar-refractivity contribution in [2.75, 3.05) is 20.2 Å². The lowest BCUT2D eigenvalue weighted by Crippen LogP contribution is -2.44. The van der Waals surface area contributed by atoms with Gasteiger partial charge in [0.2, 0.25) is 5.91 Å². The van der Waals surface area contributed by atoms with Crippen LogP contribution in [0.5, 0.6) is 5.75 Å². The predicted octanol–water partition coefficient (Wildman–Crippen LogP) is 3.99. The molecule has 0 spiro atoms. The first-order valence-electron chi connectivity index (χ1n) is 9.93. The van der Waals surface area contributed by atoms with Crippen molar-refractivity contribution in [3.8, 4) is 16.9 Å². The lowest BCUT2D eigenvalue weighted by molar-refractivity contribution is -0.123. The van der Waals surface area contributed by atoms with Crippen molar-refractivity contribution in [1.29, 1.82) is 0 Å². The van der Waals surface area contributed by atoms with Gasteiger partial charge >= 0.3 is 0 Å². The van der Waals surface area contributed by atoms with Gasteiger partial charge < -0.3 is 15.4 Å². The van der Waals surface area contributed by atoms with E-state index >= 15 is 0 Å². The lowest BCUT2D eigenvalue weighted by Gasteiger charge is -2.31. The largest absolute Gasteiger partial charge is 0.497 e. The number of hydrogen-bond donors (Lipinski definition) is 1. The number of nitrogens with zero attached hydrogens (tertiary/aromatic N) is 1. The highest BCUT2D eigenvalue weighted by Gasteiger charge is 2.28. The van der Waals surface area contributed by atoms with Crippen LogP contribution in [-0.4, -0.2) is 36.9 Å². The summed E-state index contributed by atoms with van der Waals surface area (Å²) in [6, 6.07) is 15.7. The number of carbonyl (C=O) groups excluding carboxylic acids is 2. The van der Waals surface area contributed by atoms with Crippen LogP contribution in [0.15, 0.2) is 54.6 Å². The standard InChI is InChI=1S/C24H23FN2O3/c1-30-18-12-16(11-17(25)13-18)19-6-2-8-21-20(19)7-3-9-22(21)24(29)27-10-4-5-15(14-27)23(26)28/h2-3,6-9,11-13,15H,4-5,10,14H2,1H3,(H2,26,28). The molecule has 0 aromatic heterocycles. The minimum atomic E-state index is -0.389. The van der Waals surface area contributed by atoms with Crippen LogP contribution in [0.4, 0.5) is 4.39 Å². The van der Waals surface area contributed by atoms with Crippen LogP contribution in [0.1, 0.15) is 23.2 Å². The average molecular weight is 406 g/mol. The third kappa shape index (κ3) is 3.73. The summed E-state index contributed by atoms with van der Waals surface area (Å²) in [6.07, 6.45) is 1.46. The van der Waals surface area contributed by atoms with Crippen LogP contribution in [0.25, 0.3) is 21.9 Å². The van der Waals surface area contributed by atoms with Crippen molar-refractivity contribution in [3.63, 3.8) is 0 Å². The molecule has 1 aliphatic rings. The number of methoxy groups -OCH3 is 1. The molecule has 1 unspecified atom stereocenters. The third-order valence-electron chi connectivity index (χ3n) is 5.68. The number of piperidine rings is 1. The summed E-state index contributed by atoms with van der Waals surface area (Å²) in [5.41, 5.74) is 7.51. The van der Waals surface area contributed by atoms with Crippen LogP contribution in [0.3, 0.4) is 0 Å². The number of ether oxygens (including phenoxy) is 1. The second kappa shape index (κ2) is 8.14. The van der Waals surface area contributed by atoms with Crippen molar-refractivity contribution in [1.82, 2.24) is 4.90 Å². The smallest absolute Gasteiger partial charge is 0.254 e. The van der Waals surface area contributed by atoms with Gasteiger partial charge in [-0.3, -0.25) is 9.59 Å². The first-order chi connectivity index (χ1) is 14.5. The third-order valence-corrected chi connectivity index (χ3v) is 5.68. The van der Waals surface area contributed by atoms with Gasteiger partial charge in [-0.2, -0.15) is 0 Å². The SMILES string of the molecule is COc1cc(F)cc(-c2cccc3c(C(=O)N4CCCC(C(N)=O)C4)cccc23)c1. The van der Waals surface area contributed by atoms with E-state index in [9.17, 15) is 14.0 Å².